The van der Waals surface area contributed by atoms with E-state index in [0.717, 1.165) is 40.4 Å². The molecule has 7 nitrogen and oxygen atoms in total. The van der Waals surface area contributed by atoms with Crippen LogP contribution < -0.4 is 15.1 Å². The van der Waals surface area contributed by atoms with Crippen molar-refractivity contribution in [3.63, 3.8) is 0 Å². The minimum absolute atomic E-state index is 0.0712. The Morgan fingerprint density at radius 2 is 1.55 bits per heavy atom. The lowest BCUT2D eigenvalue weighted by Crippen LogP contribution is -2.54. The van der Waals surface area contributed by atoms with Crippen LogP contribution in [0.15, 0.2) is 42.0 Å². The molecule has 7 heteroatoms. The zero-order valence-corrected chi connectivity index (χ0v) is 17.9. The van der Waals surface area contributed by atoms with Crippen LogP contribution >= 0.6 is 0 Å². The number of rotatable bonds is 3. The molecule has 31 heavy (non-hydrogen) atoms. The van der Waals surface area contributed by atoms with E-state index in [9.17, 15) is 14.4 Å². The number of barbiturate groups is 1. The first-order chi connectivity index (χ1) is 14.8. The summed E-state index contributed by atoms with van der Waals surface area (Å²) >= 11 is 0. The first-order valence-corrected chi connectivity index (χ1v) is 10.3. The number of imide groups is 2. The summed E-state index contributed by atoms with van der Waals surface area (Å²) in [5.74, 6) is -1.31. The van der Waals surface area contributed by atoms with Crippen molar-refractivity contribution in [2.45, 2.75) is 20.8 Å². The van der Waals surface area contributed by atoms with Gasteiger partial charge in [-0.15, -0.1) is 0 Å². The number of hydrogen-bond donors (Lipinski definition) is 1. The summed E-state index contributed by atoms with van der Waals surface area (Å²) in [5, 5.41) is 2.30. The molecule has 2 saturated heterocycles. The predicted molar refractivity (Wildman–Crippen MR) is 119 cm³/mol. The van der Waals surface area contributed by atoms with Gasteiger partial charge in [0.15, 0.2) is 0 Å². The van der Waals surface area contributed by atoms with Crippen molar-refractivity contribution in [3.8, 4) is 0 Å². The van der Waals surface area contributed by atoms with Crippen LogP contribution in [-0.4, -0.2) is 44.1 Å². The van der Waals surface area contributed by atoms with Crippen LogP contribution in [0.25, 0.3) is 6.08 Å². The van der Waals surface area contributed by atoms with E-state index in [4.69, 9.17) is 4.74 Å². The average Bonchev–Trinajstić information content (AvgIpc) is 2.74. The fourth-order valence-electron chi connectivity index (χ4n) is 4.16. The molecule has 2 aromatic carbocycles. The monoisotopic (exact) mass is 419 g/mol. The molecule has 0 aliphatic carbocycles. The second-order valence-corrected chi connectivity index (χ2v) is 7.90. The van der Waals surface area contributed by atoms with Crippen molar-refractivity contribution in [3.05, 3.63) is 64.2 Å². The topological polar surface area (TPSA) is 79.0 Å². The number of amides is 4. The molecule has 4 rings (SSSR count). The van der Waals surface area contributed by atoms with Crippen LogP contribution in [0, 0.1) is 20.8 Å². The SMILES string of the molecule is Cc1cc(C)c(N2C(=O)NC(=O)C(=Cc3ccc(N4CCOCC4)cc3)C2=O)c(C)c1. The fraction of sp³-hybridized carbons (Fsp3) is 0.292. The van der Waals surface area contributed by atoms with E-state index in [0.29, 0.717) is 24.5 Å². The highest BCUT2D eigenvalue weighted by molar-refractivity contribution is 6.39. The zero-order chi connectivity index (χ0) is 22.1. The van der Waals surface area contributed by atoms with Crippen molar-refractivity contribution in [2.75, 3.05) is 36.1 Å². The van der Waals surface area contributed by atoms with E-state index < -0.39 is 17.8 Å². The molecule has 2 aliphatic heterocycles. The molecule has 2 aromatic rings. The van der Waals surface area contributed by atoms with Crippen molar-refractivity contribution in [1.29, 1.82) is 0 Å². The van der Waals surface area contributed by atoms with Crippen molar-refractivity contribution in [2.24, 2.45) is 0 Å². The number of nitrogens with zero attached hydrogens (tertiary/aromatic N) is 2. The first kappa shape index (κ1) is 20.8. The predicted octanol–water partition coefficient (Wildman–Crippen LogP) is 3.11. The molecule has 0 unspecified atom stereocenters. The first-order valence-electron chi connectivity index (χ1n) is 10.3. The Bertz CT molecular complexity index is 1060. The Labute approximate surface area is 181 Å². The lowest BCUT2D eigenvalue weighted by molar-refractivity contribution is -0.122. The Kier molecular flexibility index (Phi) is 5.61. The summed E-state index contributed by atoms with van der Waals surface area (Å²) < 4.78 is 5.38. The summed E-state index contributed by atoms with van der Waals surface area (Å²) in [7, 11) is 0. The molecule has 0 bridgehead atoms. The number of anilines is 2. The highest BCUT2D eigenvalue weighted by Crippen LogP contribution is 2.30. The molecule has 0 atom stereocenters. The Morgan fingerprint density at radius 3 is 2.16 bits per heavy atom. The Morgan fingerprint density at radius 1 is 0.935 bits per heavy atom. The lowest BCUT2D eigenvalue weighted by Gasteiger charge is -2.29. The van der Waals surface area contributed by atoms with Crippen LogP contribution in [0.1, 0.15) is 22.3 Å². The van der Waals surface area contributed by atoms with Crippen LogP contribution in [0.3, 0.4) is 0 Å². The highest BCUT2D eigenvalue weighted by Gasteiger charge is 2.38. The van der Waals surface area contributed by atoms with Crippen molar-refractivity contribution < 1.29 is 19.1 Å². The van der Waals surface area contributed by atoms with Gasteiger partial charge in [-0.3, -0.25) is 14.9 Å². The van der Waals surface area contributed by atoms with Crippen molar-refractivity contribution >= 4 is 35.3 Å². The minimum Gasteiger partial charge on any atom is -0.378 e. The third-order valence-corrected chi connectivity index (χ3v) is 5.54. The molecule has 160 valence electrons. The Balaban J connectivity index is 1.65. The molecule has 2 aliphatic rings. The molecule has 0 aromatic heterocycles. The molecule has 2 fully saturated rings. The number of carbonyl (C=O) groups is 3. The van der Waals surface area contributed by atoms with E-state index in [1.165, 1.54) is 6.08 Å². The molecular weight excluding hydrogens is 394 g/mol. The molecule has 0 spiro atoms. The maximum Gasteiger partial charge on any atom is 0.335 e. The lowest BCUT2D eigenvalue weighted by atomic mass is 10.0. The normalized spacial score (nSPS) is 18.5. The van der Waals surface area contributed by atoms with Gasteiger partial charge in [0.05, 0.1) is 18.9 Å². The van der Waals surface area contributed by atoms with Crippen molar-refractivity contribution in [1.82, 2.24) is 5.32 Å². The van der Waals surface area contributed by atoms with E-state index in [-0.39, 0.29) is 5.57 Å². The van der Waals surface area contributed by atoms with Gasteiger partial charge in [-0.2, -0.15) is 0 Å². The smallest absolute Gasteiger partial charge is 0.335 e. The highest BCUT2D eigenvalue weighted by atomic mass is 16.5. The van der Waals surface area contributed by atoms with Crippen LogP contribution in [0.5, 0.6) is 0 Å². The number of ether oxygens (including phenoxy) is 1. The van der Waals surface area contributed by atoms with E-state index >= 15 is 0 Å². The summed E-state index contributed by atoms with van der Waals surface area (Å²) in [6, 6.07) is 10.7. The molecule has 1 N–H and O–H groups in total. The maximum absolute atomic E-state index is 13.2. The van der Waals surface area contributed by atoms with E-state index in [1.807, 2.05) is 57.2 Å². The Hall–Kier alpha value is -3.45. The number of urea groups is 1. The van der Waals surface area contributed by atoms with Gasteiger partial charge in [0.1, 0.15) is 5.57 Å². The van der Waals surface area contributed by atoms with Gasteiger partial charge in [-0.05, 0) is 55.7 Å². The summed E-state index contributed by atoms with van der Waals surface area (Å²) in [5.41, 5.74) is 4.84. The summed E-state index contributed by atoms with van der Waals surface area (Å²) in [4.78, 5) is 41.5. The molecular formula is C24H25N3O4. The third-order valence-electron chi connectivity index (χ3n) is 5.54. The van der Waals surface area contributed by atoms with Gasteiger partial charge < -0.3 is 9.64 Å². The van der Waals surface area contributed by atoms with Gasteiger partial charge in [-0.25, -0.2) is 9.69 Å². The third kappa shape index (κ3) is 4.09. The van der Waals surface area contributed by atoms with Crippen LogP contribution in [0.2, 0.25) is 0 Å². The van der Waals surface area contributed by atoms with Gasteiger partial charge >= 0.3 is 6.03 Å². The minimum atomic E-state index is -0.732. The number of aryl methyl sites for hydroxylation is 3. The molecule has 4 amide bonds. The molecule has 0 radical (unpaired) electrons. The van der Waals surface area contributed by atoms with Crippen LogP contribution in [0.4, 0.5) is 16.2 Å². The standard InChI is InChI=1S/C24H25N3O4/c1-15-12-16(2)21(17(3)13-15)27-23(29)20(22(28)25-24(27)30)14-18-4-6-19(7-5-18)26-8-10-31-11-9-26/h4-7,12-14H,8-11H2,1-3H3,(H,25,28,30). The summed E-state index contributed by atoms with van der Waals surface area (Å²) in [6.07, 6.45) is 1.53. The molecule has 0 saturated carbocycles. The zero-order valence-electron chi connectivity index (χ0n) is 17.9. The number of carbonyl (C=O) groups excluding carboxylic acids is 3. The van der Waals surface area contributed by atoms with Gasteiger partial charge in [0, 0.05) is 18.8 Å². The van der Waals surface area contributed by atoms with Gasteiger partial charge in [-0.1, -0.05) is 29.8 Å². The number of morpholine rings is 1. The van der Waals surface area contributed by atoms with Gasteiger partial charge in [0.2, 0.25) is 0 Å². The van der Waals surface area contributed by atoms with E-state index in [2.05, 4.69) is 10.2 Å². The second-order valence-electron chi connectivity index (χ2n) is 7.90. The number of hydrogen-bond acceptors (Lipinski definition) is 5. The van der Waals surface area contributed by atoms with E-state index in [1.54, 1.807) is 0 Å². The average molecular weight is 419 g/mol. The van der Waals surface area contributed by atoms with Gasteiger partial charge in [0.25, 0.3) is 11.8 Å². The fourth-order valence-corrected chi connectivity index (χ4v) is 4.16. The molecule has 2 heterocycles. The number of benzene rings is 2. The second kappa shape index (κ2) is 8.35. The quantitative estimate of drug-likeness (QED) is 0.611. The summed E-state index contributed by atoms with van der Waals surface area (Å²) in [6.45, 7) is 8.70. The van der Waals surface area contributed by atoms with Crippen LogP contribution in [-0.2, 0) is 14.3 Å². The number of nitrogens with one attached hydrogen (secondary N) is 1. The largest absolute Gasteiger partial charge is 0.378 e. The maximum atomic E-state index is 13.2.